The smallest absolute Gasteiger partial charge is 0.387 e. The fourth-order valence-electron chi connectivity index (χ4n) is 2.88. The molecule has 0 aliphatic heterocycles. The fourth-order valence-corrected chi connectivity index (χ4v) is 2.88. The van der Waals surface area contributed by atoms with Crippen LogP contribution in [-0.4, -0.2) is 18.6 Å². The largest absolute Gasteiger partial charge is 0.434 e. The van der Waals surface area contributed by atoms with Gasteiger partial charge in [-0.3, -0.25) is 4.79 Å². The van der Waals surface area contributed by atoms with Crippen molar-refractivity contribution in [2.45, 2.75) is 45.3 Å². The Hall–Kier alpha value is -2.42. The summed E-state index contributed by atoms with van der Waals surface area (Å²) in [5, 5.41) is 12.1. The highest BCUT2D eigenvalue weighted by Crippen LogP contribution is 2.25. The number of carbonyl (C=O) groups excluding carboxylic acids is 1. The Balaban J connectivity index is 2.17. The van der Waals surface area contributed by atoms with E-state index in [0.717, 1.165) is 25.7 Å². The second-order valence-corrected chi connectivity index (χ2v) is 5.93. The van der Waals surface area contributed by atoms with Gasteiger partial charge < -0.3 is 10.1 Å². The van der Waals surface area contributed by atoms with Crippen LogP contribution < -0.4 is 10.1 Å². The number of halogens is 2. The van der Waals surface area contributed by atoms with Crippen LogP contribution in [0.5, 0.6) is 5.75 Å². The predicted octanol–water partition coefficient (Wildman–Crippen LogP) is 3.89. The quantitative estimate of drug-likeness (QED) is 0.656. The summed E-state index contributed by atoms with van der Waals surface area (Å²) < 4.78 is 29.3. The Morgan fingerprint density at radius 2 is 2.08 bits per heavy atom. The van der Waals surface area contributed by atoms with Crippen LogP contribution in [-0.2, 0) is 4.79 Å². The van der Waals surface area contributed by atoms with Crippen molar-refractivity contribution in [3.63, 3.8) is 0 Å². The summed E-state index contributed by atoms with van der Waals surface area (Å²) in [6.07, 6.45) is 5.40. The van der Waals surface area contributed by atoms with Crippen molar-refractivity contribution < 1.29 is 18.3 Å². The number of alkyl halides is 2. The number of nitrogens with one attached hydrogen (secondary N) is 1. The Kier molecular flexibility index (Phi) is 6.30. The minimum absolute atomic E-state index is 0.0376. The molecule has 2 atom stereocenters. The van der Waals surface area contributed by atoms with E-state index in [1.807, 2.05) is 6.07 Å². The molecule has 0 bridgehead atoms. The number of carbonyl (C=O) groups is 1. The predicted molar refractivity (Wildman–Crippen MR) is 86.2 cm³/mol. The molecule has 128 valence electrons. The van der Waals surface area contributed by atoms with Crippen molar-refractivity contribution >= 4 is 12.0 Å². The zero-order valence-corrected chi connectivity index (χ0v) is 13.5. The van der Waals surface area contributed by atoms with E-state index in [2.05, 4.69) is 17.0 Å². The molecule has 24 heavy (non-hydrogen) atoms. The lowest BCUT2D eigenvalue weighted by Gasteiger charge is -2.29. The van der Waals surface area contributed by atoms with E-state index in [1.165, 1.54) is 18.2 Å². The SMILES string of the molecule is CC1CCCCC1NC(=O)/C(C#N)=C/c1ccccc1OC(F)F. The first-order valence-electron chi connectivity index (χ1n) is 7.97. The lowest BCUT2D eigenvalue weighted by molar-refractivity contribution is -0.118. The van der Waals surface area contributed by atoms with Crippen molar-refractivity contribution in [3.05, 3.63) is 35.4 Å². The molecule has 4 nitrogen and oxygen atoms in total. The molecule has 0 saturated heterocycles. The number of nitriles is 1. The van der Waals surface area contributed by atoms with E-state index >= 15 is 0 Å². The molecule has 1 fully saturated rings. The van der Waals surface area contributed by atoms with E-state index in [1.54, 1.807) is 12.1 Å². The number of hydrogen-bond acceptors (Lipinski definition) is 3. The highest BCUT2D eigenvalue weighted by Gasteiger charge is 2.24. The van der Waals surface area contributed by atoms with Crippen LogP contribution in [0.1, 0.15) is 38.2 Å². The van der Waals surface area contributed by atoms with E-state index in [4.69, 9.17) is 0 Å². The zero-order chi connectivity index (χ0) is 17.5. The summed E-state index contributed by atoms with van der Waals surface area (Å²) in [6, 6.07) is 7.94. The van der Waals surface area contributed by atoms with Crippen molar-refractivity contribution in [2.24, 2.45) is 5.92 Å². The van der Waals surface area contributed by atoms with Gasteiger partial charge in [0.05, 0.1) is 0 Å². The molecule has 1 saturated carbocycles. The normalized spacial score (nSPS) is 21.2. The molecule has 0 radical (unpaired) electrons. The minimum Gasteiger partial charge on any atom is -0.434 e. The average Bonchev–Trinajstić information content (AvgIpc) is 2.55. The minimum atomic E-state index is -2.97. The maximum atomic E-state index is 12.4. The Bertz CT molecular complexity index is 653. The lowest BCUT2D eigenvalue weighted by Crippen LogP contribution is -2.41. The molecule has 2 unspecified atom stereocenters. The van der Waals surface area contributed by atoms with E-state index < -0.39 is 12.5 Å². The summed E-state index contributed by atoms with van der Waals surface area (Å²) in [5.74, 6) is -0.195. The second-order valence-electron chi connectivity index (χ2n) is 5.93. The number of amides is 1. The van der Waals surface area contributed by atoms with Crippen LogP contribution in [0.2, 0.25) is 0 Å². The Labute approximate surface area is 140 Å². The summed E-state index contributed by atoms with van der Waals surface area (Å²) in [4.78, 5) is 12.3. The molecule has 2 rings (SSSR count). The highest BCUT2D eigenvalue weighted by molar-refractivity contribution is 6.02. The van der Waals surface area contributed by atoms with Crippen LogP contribution in [0, 0.1) is 17.2 Å². The van der Waals surface area contributed by atoms with Crippen molar-refractivity contribution in [3.8, 4) is 11.8 Å². The van der Waals surface area contributed by atoms with Gasteiger partial charge in [0.2, 0.25) is 0 Å². The molecule has 1 amide bonds. The first kappa shape index (κ1) is 17.9. The van der Waals surface area contributed by atoms with Gasteiger partial charge in [0, 0.05) is 11.6 Å². The molecule has 0 aromatic heterocycles. The van der Waals surface area contributed by atoms with Gasteiger partial charge in [-0.2, -0.15) is 14.0 Å². The Morgan fingerprint density at radius 3 is 2.75 bits per heavy atom. The molecule has 0 spiro atoms. The third-order valence-corrected chi connectivity index (χ3v) is 4.23. The van der Waals surface area contributed by atoms with Gasteiger partial charge in [0.1, 0.15) is 17.4 Å². The molecule has 1 aromatic carbocycles. The molecule has 1 aromatic rings. The number of para-hydroxylation sites is 1. The van der Waals surface area contributed by atoms with Crippen LogP contribution in [0.25, 0.3) is 6.08 Å². The van der Waals surface area contributed by atoms with Gasteiger partial charge in [0.15, 0.2) is 0 Å². The van der Waals surface area contributed by atoms with E-state index in [0.29, 0.717) is 5.92 Å². The first-order chi connectivity index (χ1) is 11.5. The van der Waals surface area contributed by atoms with E-state index in [9.17, 15) is 18.8 Å². The van der Waals surface area contributed by atoms with Crippen LogP contribution in [0.4, 0.5) is 8.78 Å². The maximum absolute atomic E-state index is 12.4. The first-order valence-corrected chi connectivity index (χ1v) is 7.97. The monoisotopic (exact) mass is 334 g/mol. The zero-order valence-electron chi connectivity index (χ0n) is 13.5. The number of benzene rings is 1. The van der Waals surface area contributed by atoms with Gasteiger partial charge in [-0.05, 0) is 30.9 Å². The number of rotatable bonds is 5. The van der Waals surface area contributed by atoms with Crippen LogP contribution in [0.15, 0.2) is 29.8 Å². The van der Waals surface area contributed by atoms with Crippen molar-refractivity contribution in [1.29, 1.82) is 5.26 Å². The number of hydrogen-bond donors (Lipinski definition) is 1. The molecule has 1 aliphatic carbocycles. The fraction of sp³-hybridized carbons (Fsp3) is 0.444. The van der Waals surface area contributed by atoms with Gasteiger partial charge in [-0.1, -0.05) is 38.0 Å². The molecule has 1 aliphatic rings. The number of ether oxygens (including phenoxy) is 1. The Morgan fingerprint density at radius 1 is 1.38 bits per heavy atom. The van der Waals surface area contributed by atoms with Crippen LogP contribution >= 0.6 is 0 Å². The molecular weight excluding hydrogens is 314 g/mol. The average molecular weight is 334 g/mol. The maximum Gasteiger partial charge on any atom is 0.387 e. The standard InChI is InChI=1S/C18H20F2N2O2/c1-12-6-2-4-8-15(12)22-17(23)14(11-21)10-13-7-3-5-9-16(13)24-18(19)20/h3,5,7,9-10,12,15,18H,2,4,6,8H2,1H3,(H,22,23)/b14-10+. The summed E-state index contributed by atoms with van der Waals surface area (Å²) in [6.45, 7) is -0.895. The van der Waals surface area contributed by atoms with E-state index in [-0.39, 0.29) is 22.9 Å². The highest BCUT2D eigenvalue weighted by atomic mass is 19.3. The second kappa shape index (κ2) is 8.44. The van der Waals surface area contributed by atoms with Gasteiger partial charge in [-0.25, -0.2) is 0 Å². The number of nitrogens with zero attached hydrogens (tertiary/aromatic N) is 1. The molecular formula is C18H20F2N2O2. The third-order valence-electron chi connectivity index (χ3n) is 4.23. The topological polar surface area (TPSA) is 62.1 Å². The lowest BCUT2D eigenvalue weighted by atomic mass is 9.86. The summed E-state index contributed by atoms with van der Waals surface area (Å²) in [7, 11) is 0. The van der Waals surface area contributed by atoms with Crippen LogP contribution in [0.3, 0.4) is 0 Å². The van der Waals surface area contributed by atoms with Gasteiger partial charge in [0.25, 0.3) is 5.91 Å². The van der Waals surface area contributed by atoms with Gasteiger partial charge in [-0.15, -0.1) is 0 Å². The van der Waals surface area contributed by atoms with Crippen molar-refractivity contribution in [2.75, 3.05) is 0 Å². The third kappa shape index (κ3) is 4.79. The molecule has 0 heterocycles. The summed E-state index contributed by atoms with van der Waals surface area (Å²) >= 11 is 0. The summed E-state index contributed by atoms with van der Waals surface area (Å²) in [5.41, 5.74) is 0.138. The molecule has 6 heteroatoms. The van der Waals surface area contributed by atoms with Gasteiger partial charge >= 0.3 is 6.61 Å². The van der Waals surface area contributed by atoms with Crippen molar-refractivity contribution in [1.82, 2.24) is 5.32 Å². The molecule has 1 N–H and O–H groups in total.